The lowest BCUT2D eigenvalue weighted by Gasteiger charge is -2.04. The van der Waals surface area contributed by atoms with Crippen molar-refractivity contribution in [3.8, 4) is 0 Å². The van der Waals surface area contributed by atoms with E-state index in [1.807, 2.05) is 24.8 Å². The Hall–Kier alpha value is -0.220. The fourth-order valence-corrected chi connectivity index (χ4v) is 2.23. The van der Waals surface area contributed by atoms with Gasteiger partial charge >= 0.3 is 0 Å². The topological polar surface area (TPSA) is 35.2 Å². The van der Waals surface area contributed by atoms with Crippen molar-refractivity contribution < 1.29 is 4.84 Å². The summed E-state index contributed by atoms with van der Waals surface area (Å²) < 4.78 is 0. The normalized spacial score (nSPS) is 10.6. The van der Waals surface area contributed by atoms with Gasteiger partial charge in [0.1, 0.15) is 0 Å². The van der Waals surface area contributed by atoms with Crippen LogP contribution < -0.4 is 5.90 Å². The van der Waals surface area contributed by atoms with E-state index < -0.39 is 0 Å². The van der Waals surface area contributed by atoms with Gasteiger partial charge in [0.2, 0.25) is 0 Å². The second kappa shape index (κ2) is 7.12. The van der Waals surface area contributed by atoms with Crippen LogP contribution in [0.15, 0.2) is 18.2 Å². The van der Waals surface area contributed by atoms with Crippen molar-refractivity contribution in [2.45, 2.75) is 19.1 Å². The van der Waals surface area contributed by atoms with E-state index in [4.69, 9.17) is 17.5 Å². The van der Waals surface area contributed by atoms with Gasteiger partial charge in [0.05, 0.1) is 6.61 Å². The van der Waals surface area contributed by atoms with E-state index in [-0.39, 0.29) is 0 Å². The Morgan fingerprint density at radius 1 is 1.47 bits per heavy atom. The predicted octanol–water partition coefficient (Wildman–Crippen LogP) is 3.16. The third-order valence-electron chi connectivity index (χ3n) is 2.04. The first-order valence-electron chi connectivity index (χ1n) is 4.88. The molecule has 15 heavy (non-hydrogen) atoms. The molecule has 0 bridgehead atoms. The summed E-state index contributed by atoms with van der Waals surface area (Å²) in [7, 11) is 0. The van der Waals surface area contributed by atoms with Crippen LogP contribution in [0.25, 0.3) is 0 Å². The van der Waals surface area contributed by atoms with Gasteiger partial charge in [-0.15, -0.1) is 0 Å². The van der Waals surface area contributed by atoms with Gasteiger partial charge in [-0.25, -0.2) is 5.90 Å². The Balaban J connectivity index is 2.28. The molecule has 0 spiro atoms. The molecule has 0 saturated heterocycles. The molecule has 1 aromatic carbocycles. The van der Waals surface area contributed by atoms with Crippen LogP contribution in [0.2, 0.25) is 5.02 Å². The molecule has 0 aliphatic heterocycles. The number of nitrogens with two attached hydrogens (primary N) is 1. The minimum absolute atomic E-state index is 0.632. The molecule has 0 atom stereocenters. The van der Waals surface area contributed by atoms with Gasteiger partial charge in [0.25, 0.3) is 0 Å². The van der Waals surface area contributed by atoms with Crippen LogP contribution in [0.4, 0.5) is 0 Å². The maximum Gasteiger partial charge on any atom is 0.0687 e. The minimum atomic E-state index is 0.632. The molecule has 0 fully saturated rings. The van der Waals surface area contributed by atoms with Crippen LogP contribution in [-0.4, -0.2) is 12.4 Å². The molecular formula is C11H16ClNOS. The summed E-state index contributed by atoms with van der Waals surface area (Å²) in [6.07, 6.45) is 0.994. The van der Waals surface area contributed by atoms with Gasteiger partial charge in [-0.1, -0.05) is 23.7 Å². The summed E-state index contributed by atoms with van der Waals surface area (Å²) in [6, 6.07) is 6.16. The monoisotopic (exact) mass is 245 g/mol. The Bertz CT molecular complexity index is 307. The maximum absolute atomic E-state index is 5.95. The van der Waals surface area contributed by atoms with Crippen LogP contribution in [-0.2, 0) is 10.6 Å². The summed E-state index contributed by atoms with van der Waals surface area (Å²) in [5.74, 6) is 7.02. The lowest BCUT2D eigenvalue weighted by Crippen LogP contribution is -2.01. The molecule has 0 aliphatic carbocycles. The zero-order valence-electron chi connectivity index (χ0n) is 8.83. The number of thioether (sulfide) groups is 1. The van der Waals surface area contributed by atoms with Gasteiger partial charge < -0.3 is 4.84 Å². The Labute approximate surface area is 100 Å². The number of rotatable bonds is 6. The van der Waals surface area contributed by atoms with Gasteiger partial charge in [-0.2, -0.15) is 11.8 Å². The van der Waals surface area contributed by atoms with E-state index in [1.54, 1.807) is 0 Å². The van der Waals surface area contributed by atoms with Gasteiger partial charge in [0, 0.05) is 10.8 Å². The highest BCUT2D eigenvalue weighted by atomic mass is 35.5. The van der Waals surface area contributed by atoms with E-state index >= 15 is 0 Å². The predicted molar refractivity (Wildman–Crippen MR) is 67.1 cm³/mol. The molecule has 0 radical (unpaired) electrons. The molecule has 0 saturated carbocycles. The first kappa shape index (κ1) is 12.8. The molecular weight excluding hydrogens is 230 g/mol. The quantitative estimate of drug-likeness (QED) is 0.618. The average Bonchev–Trinajstić information content (AvgIpc) is 2.23. The number of aryl methyl sites for hydroxylation is 1. The highest BCUT2D eigenvalue weighted by Crippen LogP contribution is 2.19. The largest absolute Gasteiger partial charge is 0.305 e. The Morgan fingerprint density at radius 3 is 2.93 bits per heavy atom. The van der Waals surface area contributed by atoms with Crippen molar-refractivity contribution in [2.75, 3.05) is 12.4 Å². The van der Waals surface area contributed by atoms with Crippen molar-refractivity contribution in [2.24, 2.45) is 5.90 Å². The highest BCUT2D eigenvalue weighted by Gasteiger charge is 1.98. The van der Waals surface area contributed by atoms with Crippen molar-refractivity contribution in [3.05, 3.63) is 34.3 Å². The Kier molecular flexibility index (Phi) is 6.10. The van der Waals surface area contributed by atoms with Crippen LogP contribution in [0.3, 0.4) is 0 Å². The first-order chi connectivity index (χ1) is 7.24. The molecule has 0 aromatic heterocycles. The smallest absolute Gasteiger partial charge is 0.0687 e. The van der Waals surface area contributed by atoms with Crippen molar-refractivity contribution in [1.82, 2.24) is 0 Å². The van der Waals surface area contributed by atoms with Crippen LogP contribution >= 0.6 is 23.4 Å². The summed E-state index contributed by atoms with van der Waals surface area (Å²) in [4.78, 5) is 4.50. The summed E-state index contributed by atoms with van der Waals surface area (Å²) >= 11 is 7.83. The molecule has 0 aliphatic rings. The molecule has 2 N–H and O–H groups in total. The molecule has 84 valence electrons. The van der Waals surface area contributed by atoms with Gasteiger partial charge in [-0.3, -0.25) is 0 Å². The van der Waals surface area contributed by atoms with Crippen LogP contribution in [0, 0.1) is 6.92 Å². The SMILES string of the molecule is Cc1cc(CSCCCON)ccc1Cl. The third kappa shape index (κ3) is 4.89. The van der Waals surface area contributed by atoms with Crippen molar-refractivity contribution in [3.63, 3.8) is 0 Å². The highest BCUT2D eigenvalue weighted by molar-refractivity contribution is 7.98. The fraction of sp³-hybridized carbons (Fsp3) is 0.455. The summed E-state index contributed by atoms with van der Waals surface area (Å²) in [6.45, 7) is 2.66. The number of hydrogen-bond acceptors (Lipinski definition) is 3. The average molecular weight is 246 g/mol. The summed E-state index contributed by atoms with van der Waals surface area (Å²) in [5.41, 5.74) is 2.45. The molecule has 4 heteroatoms. The number of hydrogen-bond donors (Lipinski definition) is 1. The van der Waals surface area contributed by atoms with E-state index in [9.17, 15) is 0 Å². The van der Waals surface area contributed by atoms with E-state index in [0.29, 0.717) is 6.61 Å². The second-order valence-electron chi connectivity index (χ2n) is 3.36. The summed E-state index contributed by atoms with van der Waals surface area (Å²) in [5, 5.41) is 0.834. The zero-order chi connectivity index (χ0) is 11.1. The van der Waals surface area contributed by atoms with Gasteiger partial charge in [-0.05, 0) is 36.3 Å². The first-order valence-corrected chi connectivity index (χ1v) is 6.41. The van der Waals surface area contributed by atoms with E-state index in [1.165, 1.54) is 5.56 Å². The van der Waals surface area contributed by atoms with E-state index in [0.717, 1.165) is 28.5 Å². The third-order valence-corrected chi connectivity index (χ3v) is 3.58. The van der Waals surface area contributed by atoms with Crippen molar-refractivity contribution >= 4 is 23.4 Å². The lowest BCUT2D eigenvalue weighted by molar-refractivity contribution is 0.139. The fourth-order valence-electron chi connectivity index (χ4n) is 1.23. The van der Waals surface area contributed by atoms with Crippen molar-refractivity contribution in [1.29, 1.82) is 0 Å². The number of benzene rings is 1. The molecule has 1 rings (SSSR count). The molecule has 1 aromatic rings. The molecule has 0 amide bonds. The molecule has 0 heterocycles. The van der Waals surface area contributed by atoms with Gasteiger partial charge in [0.15, 0.2) is 0 Å². The second-order valence-corrected chi connectivity index (χ2v) is 4.87. The number of halogens is 1. The van der Waals surface area contributed by atoms with Crippen LogP contribution in [0.5, 0.6) is 0 Å². The zero-order valence-corrected chi connectivity index (χ0v) is 10.4. The maximum atomic E-state index is 5.95. The molecule has 0 unspecified atom stereocenters. The molecule has 2 nitrogen and oxygen atoms in total. The lowest BCUT2D eigenvalue weighted by atomic mass is 10.2. The van der Waals surface area contributed by atoms with Crippen LogP contribution in [0.1, 0.15) is 17.5 Å². The Morgan fingerprint density at radius 2 is 2.27 bits per heavy atom. The standard InChI is InChI=1S/C11H16ClNOS/c1-9-7-10(3-4-11(9)12)8-15-6-2-5-14-13/h3-4,7H,2,5-6,8,13H2,1H3. The van der Waals surface area contributed by atoms with E-state index in [2.05, 4.69) is 17.0 Å². The minimum Gasteiger partial charge on any atom is -0.305 e.